The number of ether oxygens (including phenoxy) is 1. The molecule has 0 saturated carbocycles. The molecular formula is C25H26ClN3O3. The molecule has 0 aliphatic rings. The molecule has 7 heteroatoms. The number of nitrogens with zero attached hydrogens (tertiary/aromatic N) is 1. The second-order valence-corrected chi connectivity index (χ2v) is 7.49. The molecule has 0 radical (unpaired) electrons. The monoisotopic (exact) mass is 451 g/mol. The molecule has 3 amide bonds. The first kappa shape index (κ1) is 23.2. The molecule has 0 fully saturated rings. The summed E-state index contributed by atoms with van der Waals surface area (Å²) >= 11 is 6.04. The quantitative estimate of drug-likeness (QED) is 0.387. The predicted octanol–water partition coefficient (Wildman–Crippen LogP) is 6.09. The van der Waals surface area contributed by atoms with Gasteiger partial charge in [0.15, 0.2) is 0 Å². The Bertz CT molecular complexity index is 1030. The van der Waals surface area contributed by atoms with Crippen LogP contribution >= 0.6 is 11.6 Å². The van der Waals surface area contributed by atoms with E-state index in [2.05, 4.69) is 10.6 Å². The van der Waals surface area contributed by atoms with E-state index in [0.29, 0.717) is 48.1 Å². The highest BCUT2D eigenvalue weighted by molar-refractivity contribution is 6.30. The first-order valence-corrected chi connectivity index (χ1v) is 10.9. The fourth-order valence-electron chi connectivity index (χ4n) is 3.01. The van der Waals surface area contributed by atoms with Crippen LogP contribution in [0.25, 0.3) is 0 Å². The molecule has 3 aromatic rings. The maximum Gasteiger partial charge on any atom is 0.326 e. The van der Waals surface area contributed by atoms with Crippen LogP contribution in [0, 0.1) is 0 Å². The Balaban J connectivity index is 1.71. The second kappa shape index (κ2) is 11.8. The maximum absolute atomic E-state index is 13.0. The SMILES string of the molecule is CCC(=O)NCCCN(C(=O)Nc1cccc(Cl)c1)c1ccc(Oc2ccccc2)cc1. The zero-order valence-electron chi connectivity index (χ0n) is 17.9. The first-order chi connectivity index (χ1) is 15.5. The number of rotatable bonds is 9. The Morgan fingerprint density at radius 3 is 2.34 bits per heavy atom. The summed E-state index contributed by atoms with van der Waals surface area (Å²) in [6.07, 6.45) is 1.04. The fourth-order valence-corrected chi connectivity index (χ4v) is 3.20. The normalized spacial score (nSPS) is 10.3. The van der Waals surface area contributed by atoms with E-state index in [0.717, 1.165) is 5.75 Å². The molecule has 0 aromatic heterocycles. The second-order valence-electron chi connectivity index (χ2n) is 7.06. The third-order valence-corrected chi connectivity index (χ3v) is 4.89. The molecule has 3 rings (SSSR count). The number of hydrogen-bond donors (Lipinski definition) is 2. The van der Waals surface area contributed by atoms with E-state index >= 15 is 0 Å². The average molecular weight is 452 g/mol. The molecule has 0 aliphatic heterocycles. The predicted molar refractivity (Wildman–Crippen MR) is 129 cm³/mol. The summed E-state index contributed by atoms with van der Waals surface area (Å²) in [5.41, 5.74) is 1.32. The van der Waals surface area contributed by atoms with Crippen LogP contribution in [0.5, 0.6) is 11.5 Å². The Labute approximate surface area is 193 Å². The number of para-hydroxylation sites is 1. The lowest BCUT2D eigenvalue weighted by molar-refractivity contribution is -0.120. The molecule has 0 bridgehead atoms. The largest absolute Gasteiger partial charge is 0.457 e. The smallest absolute Gasteiger partial charge is 0.326 e. The van der Waals surface area contributed by atoms with Crippen molar-refractivity contribution in [1.82, 2.24) is 5.32 Å². The summed E-state index contributed by atoms with van der Waals surface area (Å²) in [5, 5.41) is 6.26. The summed E-state index contributed by atoms with van der Waals surface area (Å²) in [4.78, 5) is 26.2. The van der Waals surface area contributed by atoms with Gasteiger partial charge in [-0.2, -0.15) is 0 Å². The summed E-state index contributed by atoms with van der Waals surface area (Å²) in [6.45, 7) is 2.72. The molecule has 166 valence electrons. The van der Waals surface area contributed by atoms with Crippen LogP contribution in [0.1, 0.15) is 19.8 Å². The third-order valence-electron chi connectivity index (χ3n) is 4.65. The van der Waals surface area contributed by atoms with Gasteiger partial charge < -0.3 is 15.4 Å². The van der Waals surface area contributed by atoms with E-state index in [4.69, 9.17) is 16.3 Å². The van der Waals surface area contributed by atoms with Crippen molar-refractivity contribution in [2.45, 2.75) is 19.8 Å². The Kier molecular flexibility index (Phi) is 8.52. The van der Waals surface area contributed by atoms with Gasteiger partial charge in [-0.15, -0.1) is 0 Å². The van der Waals surface area contributed by atoms with Crippen molar-refractivity contribution in [3.8, 4) is 11.5 Å². The van der Waals surface area contributed by atoms with E-state index in [1.807, 2.05) is 54.6 Å². The molecule has 0 unspecified atom stereocenters. The number of nitrogens with one attached hydrogen (secondary N) is 2. The van der Waals surface area contributed by atoms with Crippen LogP contribution in [0.15, 0.2) is 78.9 Å². The molecular weight excluding hydrogens is 426 g/mol. The Hall–Kier alpha value is -3.51. The van der Waals surface area contributed by atoms with Crippen LogP contribution in [-0.4, -0.2) is 25.0 Å². The number of benzene rings is 3. The van der Waals surface area contributed by atoms with Crippen molar-refractivity contribution in [2.24, 2.45) is 0 Å². The van der Waals surface area contributed by atoms with E-state index in [-0.39, 0.29) is 11.9 Å². The molecule has 0 aliphatic carbocycles. The number of hydrogen-bond acceptors (Lipinski definition) is 3. The van der Waals surface area contributed by atoms with Crippen LogP contribution in [0.3, 0.4) is 0 Å². The number of amides is 3. The number of urea groups is 1. The lowest BCUT2D eigenvalue weighted by atomic mass is 10.2. The lowest BCUT2D eigenvalue weighted by Crippen LogP contribution is -2.37. The van der Waals surface area contributed by atoms with Crippen molar-refractivity contribution in [1.29, 1.82) is 0 Å². The van der Waals surface area contributed by atoms with Crippen molar-refractivity contribution in [2.75, 3.05) is 23.3 Å². The maximum atomic E-state index is 13.0. The van der Waals surface area contributed by atoms with Gasteiger partial charge in [-0.3, -0.25) is 9.69 Å². The zero-order chi connectivity index (χ0) is 22.8. The molecule has 6 nitrogen and oxygen atoms in total. The lowest BCUT2D eigenvalue weighted by Gasteiger charge is -2.24. The number of halogens is 1. The Morgan fingerprint density at radius 1 is 0.938 bits per heavy atom. The van der Waals surface area contributed by atoms with Gasteiger partial charge in [0.2, 0.25) is 5.91 Å². The van der Waals surface area contributed by atoms with Gasteiger partial charge in [-0.25, -0.2) is 4.79 Å². The number of carbonyl (C=O) groups is 2. The van der Waals surface area contributed by atoms with Gasteiger partial charge in [-0.05, 0) is 61.0 Å². The fraction of sp³-hybridized carbons (Fsp3) is 0.200. The van der Waals surface area contributed by atoms with E-state index in [1.54, 1.807) is 36.1 Å². The van der Waals surface area contributed by atoms with Crippen LogP contribution in [-0.2, 0) is 4.79 Å². The van der Waals surface area contributed by atoms with Crippen molar-refractivity contribution < 1.29 is 14.3 Å². The minimum Gasteiger partial charge on any atom is -0.457 e. The summed E-state index contributed by atoms with van der Waals surface area (Å²) in [6, 6.07) is 23.5. The van der Waals surface area contributed by atoms with Gasteiger partial charge in [0.05, 0.1) is 0 Å². The third kappa shape index (κ3) is 7.03. The van der Waals surface area contributed by atoms with Gasteiger partial charge in [0, 0.05) is 35.9 Å². The topological polar surface area (TPSA) is 70.7 Å². The van der Waals surface area contributed by atoms with Crippen molar-refractivity contribution >= 4 is 34.9 Å². The first-order valence-electron chi connectivity index (χ1n) is 10.5. The molecule has 0 atom stereocenters. The van der Waals surface area contributed by atoms with Crippen LogP contribution in [0.4, 0.5) is 16.2 Å². The van der Waals surface area contributed by atoms with E-state index in [1.165, 1.54) is 0 Å². The highest BCUT2D eigenvalue weighted by atomic mass is 35.5. The van der Waals surface area contributed by atoms with E-state index in [9.17, 15) is 9.59 Å². The van der Waals surface area contributed by atoms with Gasteiger partial charge in [-0.1, -0.05) is 42.8 Å². The molecule has 2 N–H and O–H groups in total. The molecule has 0 saturated heterocycles. The number of anilines is 2. The molecule has 3 aromatic carbocycles. The van der Waals surface area contributed by atoms with Crippen molar-refractivity contribution in [3.63, 3.8) is 0 Å². The van der Waals surface area contributed by atoms with Crippen molar-refractivity contribution in [3.05, 3.63) is 83.9 Å². The summed E-state index contributed by atoms with van der Waals surface area (Å²) in [5.74, 6) is 1.40. The van der Waals surface area contributed by atoms with Gasteiger partial charge in [0.1, 0.15) is 11.5 Å². The molecule has 0 heterocycles. The summed E-state index contributed by atoms with van der Waals surface area (Å²) in [7, 11) is 0. The molecule has 32 heavy (non-hydrogen) atoms. The Morgan fingerprint density at radius 2 is 1.66 bits per heavy atom. The highest BCUT2D eigenvalue weighted by Gasteiger charge is 2.16. The van der Waals surface area contributed by atoms with Gasteiger partial charge in [0.25, 0.3) is 0 Å². The standard InChI is InChI=1S/C25H26ClN3O3/c1-2-24(30)27-16-7-17-29(25(31)28-20-9-6-8-19(26)18-20)21-12-14-23(15-13-21)32-22-10-4-3-5-11-22/h3-6,8-15,18H,2,7,16-17H2,1H3,(H,27,30)(H,28,31). The zero-order valence-corrected chi connectivity index (χ0v) is 18.6. The average Bonchev–Trinajstić information content (AvgIpc) is 2.80. The minimum absolute atomic E-state index is 0.0117. The summed E-state index contributed by atoms with van der Waals surface area (Å²) < 4.78 is 5.84. The van der Waals surface area contributed by atoms with Gasteiger partial charge >= 0.3 is 6.03 Å². The van der Waals surface area contributed by atoms with Crippen LogP contribution in [0.2, 0.25) is 5.02 Å². The van der Waals surface area contributed by atoms with Crippen LogP contribution < -0.4 is 20.3 Å². The minimum atomic E-state index is -0.286. The van der Waals surface area contributed by atoms with E-state index < -0.39 is 0 Å². The molecule has 0 spiro atoms. The number of carbonyl (C=O) groups excluding carboxylic acids is 2. The highest BCUT2D eigenvalue weighted by Crippen LogP contribution is 2.25.